The summed E-state index contributed by atoms with van der Waals surface area (Å²) in [5.41, 5.74) is 2.12. The maximum Gasteiger partial charge on any atom is 0.145 e. The van der Waals surface area contributed by atoms with Gasteiger partial charge in [0.25, 0.3) is 0 Å². The minimum absolute atomic E-state index is 0.725. The second-order valence-electron chi connectivity index (χ2n) is 5.84. The predicted molar refractivity (Wildman–Crippen MR) is 92.7 cm³/mol. The topological polar surface area (TPSA) is 57.2 Å². The van der Waals surface area contributed by atoms with Gasteiger partial charge in [-0.15, -0.1) is 0 Å². The van der Waals surface area contributed by atoms with Crippen LogP contribution in [0.15, 0.2) is 30.7 Å². The van der Waals surface area contributed by atoms with Crippen LogP contribution in [-0.4, -0.2) is 52.6 Å². The lowest BCUT2D eigenvalue weighted by Crippen LogP contribution is -2.46. The van der Waals surface area contributed by atoms with E-state index in [1.807, 2.05) is 19.2 Å². The molecule has 1 aliphatic rings. The average molecular weight is 312 g/mol. The van der Waals surface area contributed by atoms with Gasteiger partial charge in [0.05, 0.1) is 11.9 Å². The van der Waals surface area contributed by atoms with Crippen LogP contribution in [-0.2, 0) is 6.54 Å². The molecule has 6 heteroatoms. The maximum absolute atomic E-state index is 4.53. The highest BCUT2D eigenvalue weighted by Crippen LogP contribution is 2.16. The Morgan fingerprint density at radius 1 is 1.17 bits per heavy atom. The Kier molecular flexibility index (Phi) is 5.02. The molecule has 3 rings (SSSR count). The van der Waals surface area contributed by atoms with E-state index in [9.17, 15) is 0 Å². The van der Waals surface area contributed by atoms with E-state index in [0.717, 1.165) is 56.6 Å². The van der Waals surface area contributed by atoms with Crippen LogP contribution in [0.5, 0.6) is 0 Å². The number of hydrogen-bond donors (Lipinski definition) is 1. The van der Waals surface area contributed by atoms with Crippen molar-refractivity contribution in [3.05, 3.63) is 42.0 Å². The third kappa shape index (κ3) is 4.16. The van der Waals surface area contributed by atoms with E-state index in [4.69, 9.17) is 0 Å². The fourth-order valence-electron chi connectivity index (χ4n) is 2.78. The van der Waals surface area contributed by atoms with Gasteiger partial charge in [-0.2, -0.15) is 0 Å². The summed E-state index contributed by atoms with van der Waals surface area (Å²) in [6.45, 7) is 10.3. The Bertz CT molecular complexity index is 636. The number of anilines is 2. The SMILES string of the molecule is CCN1CCN(c2cc(CNc3cncc(C)n3)ccn2)CC1. The third-order valence-electron chi connectivity index (χ3n) is 4.18. The Morgan fingerprint density at radius 2 is 2.00 bits per heavy atom. The van der Waals surface area contributed by atoms with Crippen molar-refractivity contribution in [3.63, 3.8) is 0 Å². The summed E-state index contributed by atoms with van der Waals surface area (Å²) in [6, 6.07) is 4.21. The minimum Gasteiger partial charge on any atom is -0.365 e. The van der Waals surface area contributed by atoms with E-state index in [1.165, 1.54) is 5.56 Å². The van der Waals surface area contributed by atoms with Crippen LogP contribution in [0.1, 0.15) is 18.2 Å². The van der Waals surface area contributed by atoms with Gasteiger partial charge in [0.2, 0.25) is 0 Å². The zero-order chi connectivity index (χ0) is 16.1. The molecule has 0 aliphatic carbocycles. The standard InChI is InChI=1S/C17H24N6/c1-3-22-6-8-23(9-7-22)17-10-15(4-5-19-17)12-20-16-13-18-11-14(2)21-16/h4-5,10-11,13H,3,6-9,12H2,1-2H3,(H,20,21). The molecule has 0 bridgehead atoms. The van der Waals surface area contributed by atoms with Gasteiger partial charge in [-0.1, -0.05) is 6.92 Å². The Balaban J connectivity index is 1.61. The van der Waals surface area contributed by atoms with Crippen LogP contribution < -0.4 is 10.2 Å². The first-order valence-electron chi connectivity index (χ1n) is 8.19. The lowest BCUT2D eigenvalue weighted by molar-refractivity contribution is 0.270. The molecule has 6 nitrogen and oxygen atoms in total. The maximum atomic E-state index is 4.53. The van der Waals surface area contributed by atoms with Crippen molar-refractivity contribution >= 4 is 11.6 Å². The number of piperazine rings is 1. The van der Waals surface area contributed by atoms with E-state index < -0.39 is 0 Å². The van der Waals surface area contributed by atoms with Gasteiger partial charge in [-0.05, 0) is 31.2 Å². The van der Waals surface area contributed by atoms with Crippen LogP contribution >= 0.6 is 0 Å². The smallest absolute Gasteiger partial charge is 0.145 e. The molecule has 122 valence electrons. The summed E-state index contributed by atoms with van der Waals surface area (Å²) in [7, 11) is 0. The number of hydrogen-bond acceptors (Lipinski definition) is 6. The molecule has 1 N–H and O–H groups in total. The first kappa shape index (κ1) is 15.7. The Hall–Kier alpha value is -2.21. The summed E-state index contributed by atoms with van der Waals surface area (Å²) in [4.78, 5) is 17.9. The molecule has 3 heterocycles. The molecule has 1 aliphatic heterocycles. The third-order valence-corrected chi connectivity index (χ3v) is 4.18. The summed E-state index contributed by atoms with van der Waals surface area (Å²) < 4.78 is 0. The van der Waals surface area contributed by atoms with Gasteiger partial charge in [-0.3, -0.25) is 4.98 Å². The number of rotatable bonds is 5. The van der Waals surface area contributed by atoms with Gasteiger partial charge >= 0.3 is 0 Å². The molecule has 0 amide bonds. The normalized spacial score (nSPS) is 15.7. The molecule has 0 unspecified atom stereocenters. The molecular formula is C17H24N6. The number of pyridine rings is 1. The van der Waals surface area contributed by atoms with Crippen molar-refractivity contribution in [2.24, 2.45) is 0 Å². The van der Waals surface area contributed by atoms with E-state index in [-0.39, 0.29) is 0 Å². The Labute approximate surface area is 137 Å². The van der Waals surface area contributed by atoms with Gasteiger partial charge in [0, 0.05) is 45.1 Å². The summed E-state index contributed by atoms with van der Waals surface area (Å²) >= 11 is 0. The van der Waals surface area contributed by atoms with Gasteiger partial charge < -0.3 is 15.1 Å². The molecule has 0 radical (unpaired) electrons. The molecule has 23 heavy (non-hydrogen) atoms. The number of nitrogens with one attached hydrogen (secondary N) is 1. The highest BCUT2D eigenvalue weighted by molar-refractivity contribution is 5.43. The molecule has 0 aromatic carbocycles. The first-order valence-corrected chi connectivity index (χ1v) is 8.19. The van der Waals surface area contributed by atoms with E-state index >= 15 is 0 Å². The monoisotopic (exact) mass is 312 g/mol. The molecule has 2 aromatic heterocycles. The van der Waals surface area contributed by atoms with Crippen LogP contribution in [0.3, 0.4) is 0 Å². The lowest BCUT2D eigenvalue weighted by atomic mass is 10.2. The fraction of sp³-hybridized carbons (Fsp3) is 0.471. The second kappa shape index (κ2) is 7.37. The van der Waals surface area contributed by atoms with E-state index in [2.05, 4.69) is 43.1 Å². The highest BCUT2D eigenvalue weighted by Gasteiger charge is 2.16. The van der Waals surface area contributed by atoms with Crippen molar-refractivity contribution in [2.45, 2.75) is 20.4 Å². The van der Waals surface area contributed by atoms with Crippen molar-refractivity contribution < 1.29 is 0 Å². The zero-order valence-corrected chi connectivity index (χ0v) is 13.9. The summed E-state index contributed by atoms with van der Waals surface area (Å²) in [5.74, 6) is 1.87. The largest absolute Gasteiger partial charge is 0.365 e. The minimum atomic E-state index is 0.725. The second-order valence-corrected chi connectivity index (χ2v) is 5.84. The molecule has 0 spiro atoms. The summed E-state index contributed by atoms with van der Waals surface area (Å²) in [5, 5.41) is 3.32. The molecule has 0 saturated carbocycles. The molecule has 2 aromatic rings. The van der Waals surface area contributed by atoms with Gasteiger partial charge in [-0.25, -0.2) is 9.97 Å². The van der Waals surface area contributed by atoms with Crippen LogP contribution in [0.4, 0.5) is 11.6 Å². The quantitative estimate of drug-likeness (QED) is 0.910. The zero-order valence-electron chi connectivity index (χ0n) is 13.9. The number of aromatic nitrogens is 3. The molecule has 1 saturated heterocycles. The van der Waals surface area contributed by atoms with Crippen molar-refractivity contribution in [1.29, 1.82) is 0 Å². The van der Waals surface area contributed by atoms with Crippen molar-refractivity contribution in [2.75, 3.05) is 42.9 Å². The van der Waals surface area contributed by atoms with Crippen molar-refractivity contribution in [1.82, 2.24) is 19.9 Å². The fourth-order valence-corrected chi connectivity index (χ4v) is 2.78. The van der Waals surface area contributed by atoms with Crippen LogP contribution in [0, 0.1) is 6.92 Å². The van der Waals surface area contributed by atoms with Crippen LogP contribution in [0.25, 0.3) is 0 Å². The Morgan fingerprint density at radius 3 is 2.74 bits per heavy atom. The number of nitrogens with zero attached hydrogens (tertiary/aromatic N) is 5. The molecule has 1 fully saturated rings. The van der Waals surface area contributed by atoms with Gasteiger partial charge in [0.1, 0.15) is 11.6 Å². The van der Waals surface area contributed by atoms with E-state index in [1.54, 1.807) is 12.4 Å². The van der Waals surface area contributed by atoms with Crippen LogP contribution in [0.2, 0.25) is 0 Å². The highest BCUT2D eigenvalue weighted by atomic mass is 15.3. The predicted octanol–water partition coefficient (Wildman–Crippen LogP) is 1.93. The number of likely N-dealkylation sites (N-methyl/N-ethyl adjacent to an activating group) is 1. The lowest BCUT2D eigenvalue weighted by Gasteiger charge is -2.34. The molecular weight excluding hydrogens is 288 g/mol. The first-order chi connectivity index (χ1) is 11.2. The van der Waals surface area contributed by atoms with Crippen molar-refractivity contribution in [3.8, 4) is 0 Å². The summed E-state index contributed by atoms with van der Waals surface area (Å²) in [6.07, 6.45) is 5.39. The number of aryl methyl sites for hydroxylation is 1. The molecule has 0 atom stereocenters. The van der Waals surface area contributed by atoms with Gasteiger partial charge in [0.15, 0.2) is 0 Å². The van der Waals surface area contributed by atoms with E-state index in [0.29, 0.717) is 0 Å². The average Bonchev–Trinajstić information content (AvgIpc) is 2.60.